The zero-order chi connectivity index (χ0) is 14.8. The van der Waals surface area contributed by atoms with Crippen LogP contribution in [0.4, 0.5) is 0 Å². The Kier molecular flexibility index (Phi) is 4.92. The summed E-state index contributed by atoms with van der Waals surface area (Å²) in [6, 6.07) is 12.3. The van der Waals surface area contributed by atoms with Crippen molar-refractivity contribution in [3.63, 3.8) is 0 Å². The number of rotatable bonds is 2. The molecule has 0 fully saturated rings. The Bertz CT molecular complexity index is 658. The van der Waals surface area contributed by atoms with Crippen LogP contribution in [0.25, 0.3) is 0 Å². The Morgan fingerprint density at radius 1 is 0.905 bits per heavy atom. The van der Waals surface area contributed by atoms with E-state index in [9.17, 15) is 0 Å². The van der Waals surface area contributed by atoms with E-state index in [1.807, 2.05) is 24.3 Å². The molecule has 0 aliphatic carbocycles. The molecule has 0 N–H and O–H groups in total. The summed E-state index contributed by atoms with van der Waals surface area (Å²) in [4.78, 5) is 0.0847. The molecule has 1 atom stereocenters. The number of hydrogen-bond acceptors (Lipinski definition) is 2. The molecule has 1 aliphatic heterocycles. The second-order valence-electron chi connectivity index (χ2n) is 4.79. The maximum absolute atomic E-state index is 5.76. The van der Waals surface area contributed by atoms with Crippen LogP contribution in [0.15, 0.2) is 45.3 Å². The van der Waals surface area contributed by atoms with Gasteiger partial charge in [-0.1, -0.05) is 53.9 Å². The van der Waals surface area contributed by atoms with Gasteiger partial charge in [0.05, 0.1) is 18.0 Å². The molecule has 3 rings (SSSR count). The van der Waals surface area contributed by atoms with Crippen molar-refractivity contribution in [2.24, 2.45) is 0 Å². The molecule has 21 heavy (non-hydrogen) atoms. The fourth-order valence-electron chi connectivity index (χ4n) is 2.23. The Morgan fingerprint density at radius 2 is 1.67 bits per heavy atom. The molecule has 1 aliphatic rings. The van der Waals surface area contributed by atoms with Crippen LogP contribution in [0.3, 0.4) is 0 Å². The predicted octanol–water partition coefficient (Wildman–Crippen LogP) is 5.86. The van der Waals surface area contributed by atoms with E-state index in [2.05, 4.69) is 59.9 Å². The lowest BCUT2D eigenvalue weighted by Crippen LogP contribution is -1.98. The van der Waals surface area contributed by atoms with Gasteiger partial charge in [0.1, 0.15) is 0 Å². The lowest BCUT2D eigenvalue weighted by Gasteiger charge is -2.15. The van der Waals surface area contributed by atoms with Crippen molar-refractivity contribution in [2.45, 2.75) is 11.2 Å². The Balaban J connectivity index is 1.96. The van der Waals surface area contributed by atoms with E-state index >= 15 is 0 Å². The lowest BCUT2D eigenvalue weighted by atomic mass is 10.0. The SMILES string of the molecule is Brc1ccc(Br)c(C(Br)c2ccc3c(c2)OCCCO3)c1. The first-order valence-corrected chi connectivity index (χ1v) is 9.14. The minimum Gasteiger partial charge on any atom is -0.490 e. The van der Waals surface area contributed by atoms with Crippen molar-refractivity contribution < 1.29 is 9.47 Å². The Morgan fingerprint density at radius 3 is 2.48 bits per heavy atom. The molecule has 2 nitrogen and oxygen atoms in total. The van der Waals surface area contributed by atoms with Crippen molar-refractivity contribution >= 4 is 47.8 Å². The molecule has 0 saturated carbocycles. The Labute approximate surface area is 149 Å². The average molecular weight is 477 g/mol. The molecule has 0 saturated heterocycles. The molecular weight excluding hydrogens is 464 g/mol. The van der Waals surface area contributed by atoms with E-state index in [1.54, 1.807) is 0 Å². The van der Waals surface area contributed by atoms with Crippen LogP contribution in [-0.2, 0) is 0 Å². The molecule has 2 aromatic rings. The summed E-state index contributed by atoms with van der Waals surface area (Å²) < 4.78 is 13.6. The second kappa shape index (κ2) is 6.71. The topological polar surface area (TPSA) is 18.5 Å². The summed E-state index contributed by atoms with van der Waals surface area (Å²) >= 11 is 10.9. The fraction of sp³-hybridized carbons (Fsp3) is 0.250. The van der Waals surface area contributed by atoms with Crippen LogP contribution in [0.1, 0.15) is 22.4 Å². The third-order valence-electron chi connectivity index (χ3n) is 3.30. The van der Waals surface area contributed by atoms with Crippen molar-refractivity contribution in [3.8, 4) is 11.5 Å². The van der Waals surface area contributed by atoms with Gasteiger partial charge in [-0.3, -0.25) is 0 Å². The lowest BCUT2D eigenvalue weighted by molar-refractivity contribution is 0.297. The van der Waals surface area contributed by atoms with E-state index in [-0.39, 0.29) is 4.83 Å². The molecular formula is C16H13Br3O2. The van der Waals surface area contributed by atoms with Gasteiger partial charge in [-0.25, -0.2) is 0 Å². The van der Waals surface area contributed by atoms with Crippen LogP contribution in [0, 0.1) is 0 Å². The normalized spacial score (nSPS) is 15.4. The van der Waals surface area contributed by atoms with Crippen molar-refractivity contribution in [3.05, 3.63) is 56.5 Å². The highest BCUT2D eigenvalue weighted by atomic mass is 79.9. The zero-order valence-electron chi connectivity index (χ0n) is 11.1. The van der Waals surface area contributed by atoms with Gasteiger partial charge >= 0.3 is 0 Å². The number of fused-ring (bicyclic) bond motifs is 1. The number of benzene rings is 2. The first-order chi connectivity index (χ1) is 10.1. The molecule has 0 spiro atoms. The first-order valence-electron chi connectivity index (χ1n) is 6.64. The molecule has 5 heteroatoms. The van der Waals surface area contributed by atoms with Crippen molar-refractivity contribution in [1.82, 2.24) is 0 Å². The van der Waals surface area contributed by atoms with Gasteiger partial charge in [0.15, 0.2) is 11.5 Å². The number of ether oxygens (including phenoxy) is 2. The summed E-state index contributed by atoms with van der Waals surface area (Å²) in [7, 11) is 0. The number of hydrogen-bond donors (Lipinski definition) is 0. The smallest absolute Gasteiger partial charge is 0.161 e. The quantitative estimate of drug-likeness (QED) is 0.506. The molecule has 0 bridgehead atoms. The van der Waals surface area contributed by atoms with E-state index in [4.69, 9.17) is 9.47 Å². The van der Waals surface area contributed by atoms with Crippen molar-refractivity contribution in [1.29, 1.82) is 0 Å². The van der Waals surface area contributed by atoms with Crippen LogP contribution in [0.5, 0.6) is 11.5 Å². The second-order valence-corrected chi connectivity index (χ2v) is 7.47. The number of alkyl halides is 1. The monoisotopic (exact) mass is 474 g/mol. The third kappa shape index (κ3) is 3.46. The average Bonchev–Trinajstić information content (AvgIpc) is 2.73. The standard InChI is InChI=1S/C16H13Br3O2/c17-11-3-4-13(18)12(9-11)16(19)10-2-5-14-15(8-10)21-7-1-6-20-14/h2-5,8-9,16H,1,6-7H2. The van der Waals surface area contributed by atoms with E-state index in [0.717, 1.165) is 32.4 Å². The summed E-state index contributed by atoms with van der Waals surface area (Å²) in [6.45, 7) is 1.41. The molecule has 110 valence electrons. The highest BCUT2D eigenvalue weighted by molar-refractivity contribution is 9.11. The molecule has 2 aromatic carbocycles. The van der Waals surface area contributed by atoms with Gasteiger partial charge in [-0.2, -0.15) is 0 Å². The van der Waals surface area contributed by atoms with Gasteiger partial charge in [-0.05, 0) is 41.5 Å². The third-order valence-corrected chi connectivity index (χ3v) is 5.53. The highest BCUT2D eigenvalue weighted by Gasteiger charge is 2.17. The molecule has 1 unspecified atom stereocenters. The summed E-state index contributed by atoms with van der Waals surface area (Å²) in [6.07, 6.45) is 0.916. The first kappa shape index (κ1) is 15.4. The van der Waals surface area contributed by atoms with Gasteiger partial charge < -0.3 is 9.47 Å². The minimum atomic E-state index is 0.0847. The highest BCUT2D eigenvalue weighted by Crippen LogP contribution is 2.40. The molecule has 0 amide bonds. The van der Waals surface area contributed by atoms with E-state index in [1.165, 1.54) is 5.56 Å². The van der Waals surface area contributed by atoms with Gasteiger partial charge in [0, 0.05) is 15.4 Å². The zero-order valence-corrected chi connectivity index (χ0v) is 15.9. The van der Waals surface area contributed by atoms with Gasteiger partial charge in [0.2, 0.25) is 0 Å². The minimum absolute atomic E-state index is 0.0847. The summed E-state index contributed by atoms with van der Waals surface area (Å²) in [5.41, 5.74) is 2.30. The molecule has 0 radical (unpaired) electrons. The maximum atomic E-state index is 5.76. The van der Waals surface area contributed by atoms with Gasteiger partial charge in [-0.15, -0.1) is 0 Å². The number of halogens is 3. The molecule has 0 aromatic heterocycles. The fourth-order valence-corrected chi connectivity index (χ4v) is 4.05. The van der Waals surface area contributed by atoms with Gasteiger partial charge in [0.25, 0.3) is 0 Å². The van der Waals surface area contributed by atoms with E-state index < -0.39 is 0 Å². The van der Waals surface area contributed by atoms with Crippen LogP contribution >= 0.6 is 47.8 Å². The summed E-state index contributed by atoms with van der Waals surface area (Å²) in [5.74, 6) is 1.64. The van der Waals surface area contributed by atoms with E-state index in [0.29, 0.717) is 13.2 Å². The van der Waals surface area contributed by atoms with Crippen molar-refractivity contribution in [2.75, 3.05) is 13.2 Å². The largest absolute Gasteiger partial charge is 0.490 e. The summed E-state index contributed by atoms with van der Waals surface area (Å²) in [5, 5.41) is 0. The van der Waals surface area contributed by atoms with Crippen LogP contribution < -0.4 is 9.47 Å². The maximum Gasteiger partial charge on any atom is 0.161 e. The Hall–Kier alpha value is -0.520. The predicted molar refractivity (Wildman–Crippen MR) is 94.7 cm³/mol. The molecule has 1 heterocycles. The van der Waals surface area contributed by atoms with Crippen LogP contribution in [0.2, 0.25) is 0 Å². The van der Waals surface area contributed by atoms with Crippen LogP contribution in [-0.4, -0.2) is 13.2 Å².